The van der Waals surface area contributed by atoms with Crippen LogP contribution >= 0.6 is 0 Å². The van der Waals surface area contributed by atoms with Gasteiger partial charge in [-0.3, -0.25) is 0 Å². The average molecular weight is 132 g/mol. The van der Waals surface area contributed by atoms with Crippen molar-refractivity contribution in [3.8, 4) is 12.3 Å². The zero-order valence-electron chi connectivity index (χ0n) is 6.09. The molecule has 1 fully saturated rings. The standard InChI is InChI=1S/C10H12/c1-2-9-7-8-3-5-10(9)6-4-8/h1,3,5,8-10H,4,6-7H2. The van der Waals surface area contributed by atoms with Gasteiger partial charge in [-0.05, 0) is 31.1 Å². The number of hydrogen-bond donors (Lipinski definition) is 0. The molecule has 3 atom stereocenters. The van der Waals surface area contributed by atoms with Gasteiger partial charge in [0.05, 0.1) is 0 Å². The molecular weight excluding hydrogens is 120 g/mol. The van der Waals surface area contributed by atoms with Gasteiger partial charge in [0, 0.05) is 5.92 Å². The maximum atomic E-state index is 5.41. The minimum Gasteiger partial charge on any atom is -0.120 e. The van der Waals surface area contributed by atoms with Crippen molar-refractivity contribution < 1.29 is 0 Å². The molecule has 0 N–H and O–H groups in total. The Morgan fingerprint density at radius 2 is 2.20 bits per heavy atom. The smallest absolute Gasteiger partial charge is 0.0268 e. The molecule has 0 heterocycles. The zero-order valence-corrected chi connectivity index (χ0v) is 6.09. The fourth-order valence-corrected chi connectivity index (χ4v) is 2.12. The third-order valence-corrected chi connectivity index (χ3v) is 2.79. The molecule has 0 aromatic carbocycles. The highest BCUT2D eigenvalue weighted by molar-refractivity contribution is 5.13. The molecule has 0 radical (unpaired) electrons. The van der Waals surface area contributed by atoms with Crippen molar-refractivity contribution >= 4 is 0 Å². The average Bonchev–Trinajstić information content (AvgIpc) is 2.06. The van der Waals surface area contributed by atoms with E-state index >= 15 is 0 Å². The predicted octanol–water partition coefficient (Wildman–Crippen LogP) is 2.22. The van der Waals surface area contributed by atoms with E-state index < -0.39 is 0 Å². The van der Waals surface area contributed by atoms with Crippen molar-refractivity contribution in [1.29, 1.82) is 0 Å². The molecule has 0 aromatic rings. The van der Waals surface area contributed by atoms with E-state index in [0.29, 0.717) is 5.92 Å². The quantitative estimate of drug-likeness (QED) is 0.350. The van der Waals surface area contributed by atoms with E-state index in [1.807, 2.05) is 0 Å². The number of rotatable bonds is 0. The third kappa shape index (κ3) is 0.778. The second-order valence-corrected chi connectivity index (χ2v) is 3.40. The Balaban J connectivity index is 2.21. The molecule has 3 rings (SSSR count). The van der Waals surface area contributed by atoms with E-state index in [1.54, 1.807) is 0 Å². The van der Waals surface area contributed by atoms with Crippen LogP contribution in [0.2, 0.25) is 0 Å². The molecule has 3 aliphatic rings. The van der Waals surface area contributed by atoms with Gasteiger partial charge >= 0.3 is 0 Å². The monoisotopic (exact) mass is 132 g/mol. The fraction of sp³-hybridized carbons (Fsp3) is 0.600. The van der Waals surface area contributed by atoms with Crippen LogP contribution in [0.3, 0.4) is 0 Å². The van der Waals surface area contributed by atoms with E-state index in [1.165, 1.54) is 19.3 Å². The first-order valence-corrected chi connectivity index (χ1v) is 4.04. The largest absolute Gasteiger partial charge is 0.120 e. The van der Waals surface area contributed by atoms with Crippen LogP contribution in [0.15, 0.2) is 12.2 Å². The van der Waals surface area contributed by atoms with Crippen LogP contribution in [-0.4, -0.2) is 0 Å². The summed E-state index contributed by atoms with van der Waals surface area (Å²) in [6.45, 7) is 0. The summed E-state index contributed by atoms with van der Waals surface area (Å²) in [5.41, 5.74) is 0. The maximum Gasteiger partial charge on any atom is 0.0268 e. The molecule has 0 nitrogen and oxygen atoms in total. The van der Waals surface area contributed by atoms with Crippen LogP contribution in [-0.2, 0) is 0 Å². The molecule has 0 aromatic heterocycles. The highest BCUT2D eigenvalue weighted by atomic mass is 14.3. The summed E-state index contributed by atoms with van der Waals surface area (Å²) in [4.78, 5) is 0. The Kier molecular flexibility index (Phi) is 1.31. The maximum absolute atomic E-state index is 5.41. The molecule has 0 saturated heterocycles. The van der Waals surface area contributed by atoms with E-state index in [0.717, 1.165) is 11.8 Å². The van der Waals surface area contributed by atoms with E-state index in [2.05, 4.69) is 18.1 Å². The molecule has 0 aliphatic heterocycles. The second kappa shape index (κ2) is 2.16. The Morgan fingerprint density at radius 3 is 2.50 bits per heavy atom. The second-order valence-electron chi connectivity index (χ2n) is 3.40. The number of fused-ring (bicyclic) bond motifs is 2. The van der Waals surface area contributed by atoms with Gasteiger partial charge in [0.2, 0.25) is 0 Å². The zero-order chi connectivity index (χ0) is 6.97. The number of terminal acetylenes is 1. The SMILES string of the molecule is C#CC1CC2C=CC1CC2. The highest BCUT2D eigenvalue weighted by Gasteiger charge is 2.30. The predicted molar refractivity (Wildman–Crippen MR) is 42.3 cm³/mol. The van der Waals surface area contributed by atoms with E-state index in [9.17, 15) is 0 Å². The van der Waals surface area contributed by atoms with Crippen molar-refractivity contribution in [3.63, 3.8) is 0 Å². The van der Waals surface area contributed by atoms with Crippen molar-refractivity contribution in [2.75, 3.05) is 0 Å². The van der Waals surface area contributed by atoms with Gasteiger partial charge in [0.1, 0.15) is 0 Å². The molecule has 3 aliphatic carbocycles. The van der Waals surface area contributed by atoms with Crippen LogP contribution in [0.1, 0.15) is 19.3 Å². The summed E-state index contributed by atoms with van der Waals surface area (Å²) in [6, 6.07) is 0. The topological polar surface area (TPSA) is 0 Å². The summed E-state index contributed by atoms with van der Waals surface area (Å²) < 4.78 is 0. The molecule has 10 heavy (non-hydrogen) atoms. The first kappa shape index (κ1) is 6.04. The lowest BCUT2D eigenvalue weighted by Crippen LogP contribution is -2.25. The lowest BCUT2D eigenvalue weighted by atomic mass is 9.69. The molecule has 1 saturated carbocycles. The Hall–Kier alpha value is -0.700. The Labute approximate surface area is 62.3 Å². The molecule has 2 bridgehead atoms. The summed E-state index contributed by atoms with van der Waals surface area (Å²) in [5.74, 6) is 4.97. The fourth-order valence-electron chi connectivity index (χ4n) is 2.12. The van der Waals surface area contributed by atoms with Gasteiger partial charge in [-0.2, -0.15) is 0 Å². The minimum atomic E-state index is 0.559. The van der Waals surface area contributed by atoms with Crippen molar-refractivity contribution in [2.24, 2.45) is 17.8 Å². The van der Waals surface area contributed by atoms with Crippen LogP contribution in [0, 0.1) is 30.1 Å². The molecule has 0 heteroatoms. The lowest BCUT2D eigenvalue weighted by Gasteiger charge is -2.35. The summed E-state index contributed by atoms with van der Waals surface area (Å²) in [7, 11) is 0. The first-order chi connectivity index (χ1) is 4.90. The van der Waals surface area contributed by atoms with Crippen molar-refractivity contribution in [1.82, 2.24) is 0 Å². The van der Waals surface area contributed by atoms with Gasteiger partial charge < -0.3 is 0 Å². The molecule has 52 valence electrons. The van der Waals surface area contributed by atoms with Crippen molar-refractivity contribution in [3.05, 3.63) is 12.2 Å². The molecule has 0 spiro atoms. The van der Waals surface area contributed by atoms with Gasteiger partial charge in [-0.25, -0.2) is 0 Å². The summed E-state index contributed by atoms with van der Waals surface area (Å²) in [6.07, 6.45) is 14.0. The molecular formula is C10H12. The summed E-state index contributed by atoms with van der Waals surface area (Å²) >= 11 is 0. The van der Waals surface area contributed by atoms with E-state index in [-0.39, 0.29) is 0 Å². The van der Waals surface area contributed by atoms with Gasteiger partial charge in [-0.15, -0.1) is 12.3 Å². The third-order valence-electron chi connectivity index (χ3n) is 2.79. The van der Waals surface area contributed by atoms with Gasteiger partial charge in [0.25, 0.3) is 0 Å². The van der Waals surface area contributed by atoms with Crippen LogP contribution in [0.5, 0.6) is 0 Å². The minimum absolute atomic E-state index is 0.559. The normalized spacial score (nSPS) is 43.3. The number of allylic oxidation sites excluding steroid dienone is 2. The lowest BCUT2D eigenvalue weighted by molar-refractivity contribution is 0.271. The number of hydrogen-bond acceptors (Lipinski definition) is 0. The highest BCUT2D eigenvalue weighted by Crippen LogP contribution is 2.39. The first-order valence-electron chi connectivity index (χ1n) is 4.04. The summed E-state index contributed by atoms with van der Waals surface area (Å²) in [5, 5.41) is 0. The van der Waals surface area contributed by atoms with Crippen LogP contribution in [0.4, 0.5) is 0 Å². The molecule has 3 unspecified atom stereocenters. The Morgan fingerprint density at radius 1 is 1.30 bits per heavy atom. The van der Waals surface area contributed by atoms with Crippen LogP contribution in [0.25, 0.3) is 0 Å². The van der Waals surface area contributed by atoms with Crippen molar-refractivity contribution in [2.45, 2.75) is 19.3 Å². The Bertz CT molecular complexity index is 195. The van der Waals surface area contributed by atoms with E-state index in [4.69, 9.17) is 6.42 Å². The molecule has 0 amide bonds. The van der Waals surface area contributed by atoms with Gasteiger partial charge in [0.15, 0.2) is 0 Å². The van der Waals surface area contributed by atoms with Gasteiger partial charge in [-0.1, -0.05) is 12.2 Å². The van der Waals surface area contributed by atoms with Crippen LogP contribution < -0.4 is 0 Å².